The Labute approximate surface area is 182 Å². The van der Waals surface area contributed by atoms with E-state index in [0.29, 0.717) is 10.6 Å². The number of nitrogens with one attached hydrogen (secondary N) is 2. The summed E-state index contributed by atoms with van der Waals surface area (Å²) >= 11 is 5.82. The molecule has 2 atom stereocenters. The van der Waals surface area contributed by atoms with Crippen molar-refractivity contribution in [1.29, 1.82) is 0 Å². The molecule has 9 heteroatoms. The maximum atomic E-state index is 13.6. The minimum atomic E-state index is -3.91. The average molecular weight is 456 g/mol. The number of halogens is 2. The van der Waals surface area contributed by atoms with Gasteiger partial charge in [0.1, 0.15) is 11.9 Å². The Morgan fingerprint density at radius 2 is 1.77 bits per heavy atom. The molecule has 2 N–H and O–H groups in total. The fourth-order valence-corrected chi connectivity index (χ4v) is 4.43. The molecule has 0 spiro atoms. The van der Waals surface area contributed by atoms with E-state index in [-0.39, 0.29) is 29.2 Å². The van der Waals surface area contributed by atoms with Crippen LogP contribution in [0.1, 0.15) is 25.5 Å². The first kappa shape index (κ1) is 24.3. The van der Waals surface area contributed by atoms with Crippen LogP contribution in [0.2, 0.25) is 5.02 Å². The maximum absolute atomic E-state index is 13.6. The number of nitrogens with zero attached hydrogens (tertiary/aromatic N) is 1. The average Bonchev–Trinajstić information content (AvgIpc) is 2.66. The number of benzene rings is 2. The zero-order valence-electron chi connectivity index (χ0n) is 17.4. The van der Waals surface area contributed by atoms with E-state index in [0.717, 1.165) is 0 Å². The molecule has 0 saturated heterocycles. The lowest BCUT2D eigenvalue weighted by atomic mass is 10.0. The van der Waals surface area contributed by atoms with E-state index in [1.807, 2.05) is 19.0 Å². The third kappa shape index (κ3) is 6.50. The van der Waals surface area contributed by atoms with Gasteiger partial charge < -0.3 is 10.2 Å². The molecular formula is C21H27ClFN3O3S. The summed E-state index contributed by atoms with van der Waals surface area (Å²) < 4.78 is 41.4. The summed E-state index contributed by atoms with van der Waals surface area (Å²) in [5, 5.41) is 3.21. The van der Waals surface area contributed by atoms with E-state index in [9.17, 15) is 17.6 Å². The Balaban J connectivity index is 2.13. The van der Waals surface area contributed by atoms with Crippen LogP contribution < -0.4 is 10.0 Å². The Bertz CT molecular complexity index is 966. The van der Waals surface area contributed by atoms with E-state index >= 15 is 0 Å². The van der Waals surface area contributed by atoms with Crippen molar-refractivity contribution < 1.29 is 17.6 Å². The molecule has 0 bridgehead atoms. The van der Waals surface area contributed by atoms with E-state index in [4.69, 9.17) is 11.6 Å². The summed E-state index contributed by atoms with van der Waals surface area (Å²) in [7, 11) is -0.260. The number of carbonyl (C=O) groups is 1. The zero-order chi connectivity index (χ0) is 22.5. The van der Waals surface area contributed by atoms with Crippen LogP contribution in [0.5, 0.6) is 0 Å². The van der Waals surface area contributed by atoms with Gasteiger partial charge in [-0.3, -0.25) is 4.79 Å². The molecule has 2 rings (SSSR count). The minimum Gasteiger partial charge on any atom is -0.353 e. The normalized spacial score (nSPS) is 14.0. The van der Waals surface area contributed by atoms with Gasteiger partial charge >= 0.3 is 0 Å². The van der Waals surface area contributed by atoms with Crippen molar-refractivity contribution in [3.05, 3.63) is 64.9 Å². The van der Waals surface area contributed by atoms with Gasteiger partial charge in [-0.15, -0.1) is 0 Å². The molecule has 164 valence electrons. The molecule has 1 unspecified atom stereocenters. The molecule has 6 nitrogen and oxygen atoms in total. The number of amides is 1. The predicted molar refractivity (Wildman–Crippen MR) is 116 cm³/mol. The van der Waals surface area contributed by atoms with Crippen molar-refractivity contribution >= 4 is 27.5 Å². The van der Waals surface area contributed by atoms with Gasteiger partial charge in [-0.2, -0.15) is 4.72 Å². The van der Waals surface area contributed by atoms with E-state index < -0.39 is 22.0 Å². The molecule has 30 heavy (non-hydrogen) atoms. The van der Waals surface area contributed by atoms with Crippen LogP contribution in [0.25, 0.3) is 0 Å². The van der Waals surface area contributed by atoms with Crippen LogP contribution in [0.3, 0.4) is 0 Å². The van der Waals surface area contributed by atoms with Gasteiger partial charge in [0, 0.05) is 11.6 Å². The van der Waals surface area contributed by atoms with Gasteiger partial charge in [0.2, 0.25) is 15.9 Å². The molecule has 1 amide bonds. The number of hydrogen-bond acceptors (Lipinski definition) is 4. The lowest BCUT2D eigenvalue weighted by molar-refractivity contribution is -0.123. The maximum Gasteiger partial charge on any atom is 0.241 e. The highest BCUT2D eigenvalue weighted by molar-refractivity contribution is 7.89. The molecule has 0 fully saturated rings. The van der Waals surface area contributed by atoms with Crippen LogP contribution >= 0.6 is 11.6 Å². The molecule has 0 saturated carbocycles. The van der Waals surface area contributed by atoms with Gasteiger partial charge in [-0.1, -0.05) is 37.6 Å². The van der Waals surface area contributed by atoms with E-state index in [2.05, 4.69) is 10.0 Å². The lowest BCUT2D eigenvalue weighted by Gasteiger charge is -2.27. The summed E-state index contributed by atoms with van der Waals surface area (Å²) in [6, 6.07) is 10.6. The summed E-state index contributed by atoms with van der Waals surface area (Å²) in [5.41, 5.74) is 0.711. The molecule has 0 heterocycles. The smallest absolute Gasteiger partial charge is 0.241 e. The topological polar surface area (TPSA) is 78.5 Å². The summed E-state index contributed by atoms with van der Waals surface area (Å²) in [6.45, 7) is 3.70. The van der Waals surface area contributed by atoms with Gasteiger partial charge in [0.05, 0.1) is 10.9 Å². The first-order chi connectivity index (χ1) is 14.0. The molecule has 0 aliphatic heterocycles. The van der Waals surface area contributed by atoms with Crippen LogP contribution in [0.4, 0.5) is 4.39 Å². The zero-order valence-corrected chi connectivity index (χ0v) is 19.0. The second-order valence-electron chi connectivity index (χ2n) is 7.58. The SMILES string of the molecule is CC(C)[C@H](NS(=O)(=O)c1ccc(Cl)cc1)C(=O)NCC(c1cccc(F)c1)N(C)C. The van der Waals surface area contributed by atoms with Gasteiger partial charge in [-0.25, -0.2) is 12.8 Å². The Morgan fingerprint density at radius 3 is 2.30 bits per heavy atom. The number of hydrogen-bond donors (Lipinski definition) is 2. The first-order valence-electron chi connectivity index (χ1n) is 9.48. The highest BCUT2D eigenvalue weighted by Crippen LogP contribution is 2.19. The largest absolute Gasteiger partial charge is 0.353 e. The Morgan fingerprint density at radius 1 is 1.13 bits per heavy atom. The highest BCUT2D eigenvalue weighted by Gasteiger charge is 2.29. The van der Waals surface area contributed by atoms with Crippen molar-refractivity contribution in [2.45, 2.75) is 30.8 Å². The molecule has 0 aliphatic rings. The monoisotopic (exact) mass is 455 g/mol. The van der Waals surface area contributed by atoms with Gasteiger partial charge in [-0.05, 0) is 62.0 Å². The van der Waals surface area contributed by atoms with E-state index in [1.165, 1.54) is 36.4 Å². The first-order valence-corrected chi connectivity index (χ1v) is 11.3. The number of carbonyl (C=O) groups excluding carboxylic acids is 1. The van der Waals surface area contributed by atoms with Crippen molar-refractivity contribution in [3.8, 4) is 0 Å². The minimum absolute atomic E-state index is 0.0243. The third-order valence-corrected chi connectivity index (χ3v) is 6.39. The van der Waals surface area contributed by atoms with Crippen LogP contribution in [-0.4, -0.2) is 45.9 Å². The number of likely N-dealkylation sites (N-methyl/N-ethyl adjacent to an activating group) is 1. The molecule has 0 aromatic heterocycles. The summed E-state index contributed by atoms with van der Waals surface area (Å²) in [4.78, 5) is 14.7. The van der Waals surface area contributed by atoms with Crippen molar-refractivity contribution in [3.63, 3.8) is 0 Å². The molecule has 0 radical (unpaired) electrons. The summed E-state index contributed by atoms with van der Waals surface area (Å²) in [6.07, 6.45) is 0. The number of sulfonamides is 1. The van der Waals surface area contributed by atoms with Gasteiger partial charge in [0.25, 0.3) is 0 Å². The lowest BCUT2D eigenvalue weighted by Crippen LogP contribution is -2.50. The fourth-order valence-electron chi connectivity index (χ4n) is 2.96. The van der Waals surface area contributed by atoms with Crippen LogP contribution in [0, 0.1) is 11.7 Å². The van der Waals surface area contributed by atoms with Crippen LogP contribution in [-0.2, 0) is 14.8 Å². The number of rotatable bonds is 9. The van der Waals surface area contributed by atoms with Crippen molar-refractivity contribution in [1.82, 2.24) is 14.9 Å². The molecule has 2 aromatic rings. The van der Waals surface area contributed by atoms with E-state index in [1.54, 1.807) is 26.0 Å². The Kier molecular flexibility index (Phi) is 8.37. The van der Waals surface area contributed by atoms with Crippen molar-refractivity contribution in [2.24, 2.45) is 5.92 Å². The van der Waals surface area contributed by atoms with Crippen LogP contribution in [0.15, 0.2) is 53.4 Å². The van der Waals surface area contributed by atoms with Gasteiger partial charge in [0.15, 0.2) is 0 Å². The standard InChI is InChI=1S/C21H27ClFN3O3S/c1-14(2)20(25-30(28,29)18-10-8-16(22)9-11-18)21(27)24-13-19(26(3)4)15-6-5-7-17(23)12-15/h5-12,14,19-20,25H,13H2,1-4H3,(H,24,27)/t19?,20-/m0/s1. The fraction of sp³-hybridized carbons (Fsp3) is 0.381. The highest BCUT2D eigenvalue weighted by atomic mass is 35.5. The molecule has 2 aromatic carbocycles. The molecule has 0 aliphatic carbocycles. The third-order valence-electron chi connectivity index (χ3n) is 4.68. The second-order valence-corrected chi connectivity index (χ2v) is 9.73. The quantitative estimate of drug-likeness (QED) is 0.608. The Hall–Kier alpha value is -2.00. The second kappa shape index (κ2) is 10.3. The van der Waals surface area contributed by atoms with Crippen molar-refractivity contribution in [2.75, 3.05) is 20.6 Å². The predicted octanol–water partition coefficient (Wildman–Crippen LogP) is 3.20. The summed E-state index contributed by atoms with van der Waals surface area (Å²) in [5.74, 6) is -1.11. The molecular weight excluding hydrogens is 429 g/mol.